The van der Waals surface area contributed by atoms with Crippen LogP contribution in [-0.2, 0) is 9.53 Å². The number of aromatic nitrogens is 2. The zero-order valence-electron chi connectivity index (χ0n) is 16.8. The number of carbonyl (C=O) groups excluding carboxylic acids is 1. The fourth-order valence-electron chi connectivity index (χ4n) is 2.84. The number of fused-ring (bicyclic) bond motifs is 1. The van der Waals surface area contributed by atoms with Crippen LogP contribution in [0.1, 0.15) is 23.9 Å². The molecule has 0 aliphatic rings. The lowest BCUT2D eigenvalue weighted by molar-refractivity contribution is -0.142. The number of hydrogen-bond acceptors (Lipinski definition) is 6. The molecule has 1 aromatic heterocycles. The second-order valence-electron chi connectivity index (χ2n) is 6.40. The fraction of sp³-hybridized carbons (Fsp3) is 0.227. The molecule has 1 N–H and O–H groups in total. The summed E-state index contributed by atoms with van der Waals surface area (Å²) in [5.41, 5.74) is 3.93. The maximum Gasteiger partial charge on any atom is 0.343 e. The van der Waals surface area contributed by atoms with Crippen molar-refractivity contribution < 1.29 is 19.0 Å². The average molecular weight is 517 g/mol. The van der Waals surface area contributed by atoms with E-state index in [0.717, 1.165) is 25.7 Å². The van der Waals surface area contributed by atoms with Crippen molar-refractivity contribution in [1.82, 2.24) is 9.97 Å². The molecule has 0 unspecified atom stereocenters. The van der Waals surface area contributed by atoms with E-state index in [1.807, 2.05) is 38.1 Å². The number of imidazole rings is 1. The molecule has 0 aliphatic carbocycles. The minimum atomic E-state index is -0.482. The third-order valence-electron chi connectivity index (χ3n) is 4.22. The number of carbonyl (C=O) groups is 1. The smallest absolute Gasteiger partial charge is 0.343 e. The molecule has 0 aliphatic heterocycles. The summed E-state index contributed by atoms with van der Waals surface area (Å²) in [7, 11) is 1.30. The molecule has 0 spiro atoms. The van der Waals surface area contributed by atoms with Gasteiger partial charge in [0, 0.05) is 0 Å². The van der Waals surface area contributed by atoms with Crippen molar-refractivity contribution in [2.24, 2.45) is 0 Å². The van der Waals surface area contributed by atoms with Gasteiger partial charge in [0.2, 0.25) is 0 Å². The Kier molecular flexibility index (Phi) is 6.95. The molecule has 0 fully saturated rings. The van der Waals surface area contributed by atoms with Crippen LogP contribution >= 0.6 is 22.6 Å². The number of aryl methyl sites for hydroxylation is 1. The van der Waals surface area contributed by atoms with Crippen LogP contribution < -0.4 is 9.47 Å². The lowest BCUT2D eigenvalue weighted by Crippen LogP contribution is -2.14. The predicted molar refractivity (Wildman–Crippen MR) is 122 cm³/mol. The molecular weight excluding hydrogens is 497 g/mol. The molecule has 0 bridgehead atoms. The number of ether oxygens (including phenoxy) is 3. The molecule has 3 rings (SSSR count). The first-order valence-electron chi connectivity index (χ1n) is 9.19. The summed E-state index contributed by atoms with van der Waals surface area (Å²) in [5.74, 6) is 0.955. The Hall–Kier alpha value is -3.06. The van der Waals surface area contributed by atoms with Crippen LogP contribution in [0.15, 0.2) is 30.3 Å². The largest absolute Gasteiger partial charge is 0.490 e. The summed E-state index contributed by atoms with van der Waals surface area (Å²) < 4.78 is 16.6. The summed E-state index contributed by atoms with van der Waals surface area (Å²) in [4.78, 5) is 19.1. The van der Waals surface area contributed by atoms with Crippen molar-refractivity contribution >= 4 is 51.2 Å². The van der Waals surface area contributed by atoms with E-state index < -0.39 is 5.97 Å². The second kappa shape index (κ2) is 9.63. The Labute approximate surface area is 187 Å². The van der Waals surface area contributed by atoms with Crippen molar-refractivity contribution in [3.63, 3.8) is 0 Å². The lowest BCUT2D eigenvalue weighted by Gasteiger charge is -2.14. The summed E-state index contributed by atoms with van der Waals surface area (Å²) in [5, 5.41) is 9.70. The van der Waals surface area contributed by atoms with Crippen LogP contribution in [0.4, 0.5) is 0 Å². The van der Waals surface area contributed by atoms with Gasteiger partial charge in [-0.2, -0.15) is 5.26 Å². The van der Waals surface area contributed by atoms with Gasteiger partial charge in [-0.1, -0.05) is 6.07 Å². The van der Waals surface area contributed by atoms with Crippen LogP contribution in [-0.4, -0.2) is 36.3 Å². The number of benzene rings is 2. The first-order valence-corrected chi connectivity index (χ1v) is 10.3. The SMILES string of the molecule is CCOc1cc(/C=C(/C#N)c2nc3ccc(C)cc3[nH]2)cc(I)c1OCC(=O)OC. The van der Waals surface area contributed by atoms with Gasteiger partial charge in [-0.05, 0) is 77.9 Å². The van der Waals surface area contributed by atoms with E-state index in [4.69, 9.17) is 9.47 Å². The quantitative estimate of drug-likeness (QED) is 0.282. The van der Waals surface area contributed by atoms with Crippen molar-refractivity contribution in [1.29, 1.82) is 5.26 Å². The fourth-order valence-corrected chi connectivity index (χ4v) is 3.62. The minimum Gasteiger partial charge on any atom is -0.490 e. The van der Waals surface area contributed by atoms with Gasteiger partial charge in [-0.3, -0.25) is 0 Å². The molecular formula is C22H20IN3O4. The highest BCUT2D eigenvalue weighted by Crippen LogP contribution is 2.35. The highest BCUT2D eigenvalue weighted by atomic mass is 127. The third-order valence-corrected chi connectivity index (χ3v) is 5.02. The van der Waals surface area contributed by atoms with E-state index >= 15 is 0 Å². The van der Waals surface area contributed by atoms with Crippen LogP contribution in [0.25, 0.3) is 22.7 Å². The number of hydrogen-bond donors (Lipinski definition) is 1. The van der Waals surface area contributed by atoms with Gasteiger partial charge in [0.25, 0.3) is 0 Å². The molecule has 3 aromatic rings. The van der Waals surface area contributed by atoms with E-state index in [9.17, 15) is 10.1 Å². The number of halogens is 1. The predicted octanol–water partition coefficient (Wildman–Crippen LogP) is 4.49. The van der Waals surface area contributed by atoms with Gasteiger partial charge in [-0.15, -0.1) is 0 Å². The van der Waals surface area contributed by atoms with Crippen LogP contribution in [0, 0.1) is 21.8 Å². The van der Waals surface area contributed by atoms with Crippen molar-refractivity contribution in [3.05, 3.63) is 50.9 Å². The number of allylic oxidation sites excluding steroid dienone is 1. The normalized spacial score (nSPS) is 11.2. The van der Waals surface area contributed by atoms with Gasteiger partial charge in [0.1, 0.15) is 11.9 Å². The standard InChI is InChI=1S/C22H20IN3O4/c1-4-29-19-10-14(9-16(23)21(19)30-12-20(27)28-3)8-15(11-24)22-25-17-6-5-13(2)7-18(17)26-22/h5-10H,4,12H2,1-3H3,(H,25,26)/b15-8-. The van der Waals surface area contributed by atoms with Crippen molar-refractivity contribution in [3.8, 4) is 17.6 Å². The van der Waals surface area contributed by atoms with Gasteiger partial charge in [0.05, 0.1) is 33.9 Å². The first kappa shape index (κ1) is 21.6. The molecule has 0 amide bonds. The molecule has 2 aromatic carbocycles. The van der Waals surface area contributed by atoms with Gasteiger partial charge in [-0.25, -0.2) is 9.78 Å². The molecule has 1 heterocycles. The molecule has 30 heavy (non-hydrogen) atoms. The number of methoxy groups -OCH3 is 1. The lowest BCUT2D eigenvalue weighted by atomic mass is 10.1. The average Bonchev–Trinajstić information content (AvgIpc) is 3.14. The van der Waals surface area contributed by atoms with Crippen LogP contribution in [0.2, 0.25) is 0 Å². The molecule has 8 heteroatoms. The van der Waals surface area contributed by atoms with E-state index in [-0.39, 0.29) is 6.61 Å². The Balaban J connectivity index is 1.99. The number of rotatable bonds is 7. The molecule has 0 saturated heterocycles. The van der Waals surface area contributed by atoms with Crippen LogP contribution in [0.3, 0.4) is 0 Å². The van der Waals surface area contributed by atoms with E-state index in [0.29, 0.717) is 29.5 Å². The number of H-pyrrole nitrogens is 1. The number of aromatic amines is 1. The topological polar surface area (TPSA) is 97.2 Å². The zero-order chi connectivity index (χ0) is 21.7. The minimum absolute atomic E-state index is 0.219. The Morgan fingerprint density at radius 1 is 1.30 bits per heavy atom. The molecule has 0 radical (unpaired) electrons. The third kappa shape index (κ3) is 4.91. The molecule has 0 atom stereocenters. The zero-order valence-corrected chi connectivity index (χ0v) is 18.9. The van der Waals surface area contributed by atoms with Crippen molar-refractivity contribution in [2.45, 2.75) is 13.8 Å². The van der Waals surface area contributed by atoms with E-state index in [2.05, 4.69) is 43.4 Å². The molecule has 0 saturated carbocycles. The maximum absolute atomic E-state index is 11.4. The summed E-state index contributed by atoms with van der Waals surface area (Å²) in [6, 6.07) is 11.7. The van der Waals surface area contributed by atoms with Crippen LogP contribution in [0.5, 0.6) is 11.5 Å². The molecule has 154 valence electrons. The number of nitrogens with one attached hydrogen (secondary N) is 1. The van der Waals surface area contributed by atoms with Gasteiger partial charge < -0.3 is 19.2 Å². The highest BCUT2D eigenvalue weighted by Gasteiger charge is 2.15. The summed E-state index contributed by atoms with van der Waals surface area (Å²) in [6.45, 7) is 4.06. The molecule has 7 nitrogen and oxygen atoms in total. The maximum atomic E-state index is 11.4. The monoisotopic (exact) mass is 517 g/mol. The second-order valence-corrected chi connectivity index (χ2v) is 7.57. The Morgan fingerprint density at radius 3 is 2.80 bits per heavy atom. The summed E-state index contributed by atoms with van der Waals surface area (Å²) >= 11 is 2.11. The number of nitrogens with zero attached hydrogens (tertiary/aromatic N) is 2. The highest BCUT2D eigenvalue weighted by molar-refractivity contribution is 14.1. The van der Waals surface area contributed by atoms with Gasteiger partial charge >= 0.3 is 5.97 Å². The first-order chi connectivity index (χ1) is 14.4. The number of nitriles is 1. The Bertz CT molecular complexity index is 1160. The van der Waals surface area contributed by atoms with E-state index in [1.165, 1.54) is 7.11 Å². The van der Waals surface area contributed by atoms with Crippen molar-refractivity contribution in [2.75, 3.05) is 20.3 Å². The van der Waals surface area contributed by atoms with Gasteiger partial charge in [0.15, 0.2) is 18.1 Å². The Morgan fingerprint density at radius 2 is 2.10 bits per heavy atom. The van der Waals surface area contributed by atoms with E-state index in [1.54, 1.807) is 12.1 Å². The summed E-state index contributed by atoms with van der Waals surface area (Å²) in [6.07, 6.45) is 1.74. The number of esters is 1.